The largest absolute Gasteiger partial charge is 0.619 e. The van der Waals surface area contributed by atoms with E-state index in [1.807, 2.05) is 127 Å². The minimum Gasteiger partial charge on any atom is -0.619 e. The molecule has 6 atom stereocenters. The fourth-order valence-electron chi connectivity index (χ4n) is 11.1. The molecular formula is C90H113Br9ClN13O7. The standard InChI is InChI=1S/2C25H28BrN3O.C12H18Br2N2O.C12H20BrN3O.C8H9Br2NO2.C8H9Br2NO.ClH/c1-17(30-5)21-20(16-27-24(22(21)26)29-25(2,3)4)28-23(18-12-8-6-9-13-18)19-14-10-7-11-15-19;1-17(30-5)21-20(26)16-27-24(29-25(2,3)4)23(21)28-22(18-12-8-6-9-13-18)19-14-10-7-11-15-19;1-7(17-5)9-8(13)6-15-11(10(9)14)16-12(2,3)4;1-7(17-5)9-8(14)6-15-11(10(9)13)16-12(2,3)4;1-5(13-2)8-6(9)3-11(12)4-7(8)10;1-5(12-2)8-6(9)3-11-4-7(8)10;/h2*6-17H,1-5H3,(H,27,29);6-7H,1-5H3,(H,15,16);6-7H,14H2,1-5H3,(H,15,16);3-5H,1-2H3;3-5H,1-2H3;1H. The lowest BCUT2D eigenvalue weighted by Gasteiger charge is -2.25. The van der Waals surface area contributed by atoms with Gasteiger partial charge in [-0.15, -0.1) is 12.4 Å². The Morgan fingerprint density at radius 1 is 0.350 bits per heavy atom. The molecule has 10 rings (SSSR count). The van der Waals surface area contributed by atoms with Crippen LogP contribution in [0.1, 0.15) is 217 Å². The molecule has 650 valence electrons. The summed E-state index contributed by atoms with van der Waals surface area (Å²) >= 11 is 31.5. The third-order valence-corrected chi connectivity index (χ3v) is 23.4. The number of aromatic nitrogens is 6. The van der Waals surface area contributed by atoms with Gasteiger partial charge in [-0.1, -0.05) is 121 Å². The molecule has 0 aliphatic heterocycles. The quantitative estimate of drug-likeness (QED) is 0.0240. The Hall–Kier alpha value is -5.71. The van der Waals surface area contributed by atoms with Crippen molar-refractivity contribution in [2.75, 3.05) is 69.7 Å². The Morgan fingerprint density at radius 2 is 0.617 bits per heavy atom. The topological polar surface area (TPSA) is 246 Å². The number of benzene rings is 4. The van der Waals surface area contributed by atoms with E-state index in [9.17, 15) is 5.21 Å². The first kappa shape index (κ1) is 107. The van der Waals surface area contributed by atoms with Crippen LogP contribution in [0.25, 0.3) is 0 Å². The SMILES string of the molecule is COC(C)c1c(Br)c[n+]([O-])cc1Br.COC(C)c1c(Br)cnc(NC(C)(C)C)c1Br.COC(C)c1c(Br)cnc(NC(C)(C)C)c1N=C(c1ccccc1)c1ccccc1.COC(C)c1c(Br)cncc1Br.COC(C)c1c(N)cnc(NC(C)(C)C)c1Br.COC(C)c1c(N=C(c2ccccc2)c2ccccc2)cnc(NC(C)(C)C)c1Br.Cl. The van der Waals surface area contributed by atoms with Gasteiger partial charge in [0.05, 0.1) is 94.2 Å². The van der Waals surface area contributed by atoms with E-state index >= 15 is 0 Å². The summed E-state index contributed by atoms with van der Waals surface area (Å²) in [6.45, 7) is 37.1. The van der Waals surface area contributed by atoms with Gasteiger partial charge < -0.3 is 60.6 Å². The zero-order valence-corrected chi connectivity index (χ0v) is 87.5. The molecule has 6 unspecified atom stereocenters. The maximum atomic E-state index is 11.0. The second-order valence-electron chi connectivity index (χ2n) is 31.3. The summed E-state index contributed by atoms with van der Waals surface area (Å²) in [5, 5.41) is 24.6. The van der Waals surface area contributed by atoms with Gasteiger partial charge in [0, 0.05) is 163 Å². The number of nitrogens with zero attached hydrogens (tertiary/aromatic N) is 8. The first-order chi connectivity index (χ1) is 55.8. The molecule has 0 radical (unpaired) electrons. The van der Waals surface area contributed by atoms with Crippen molar-refractivity contribution in [3.05, 3.63) is 272 Å². The molecule has 0 aliphatic carbocycles. The van der Waals surface area contributed by atoms with E-state index in [2.05, 4.69) is 321 Å². The van der Waals surface area contributed by atoms with Gasteiger partial charge in [-0.2, -0.15) is 4.73 Å². The number of ether oxygens (including phenoxy) is 6. The first-order valence-electron chi connectivity index (χ1n) is 38.0. The van der Waals surface area contributed by atoms with E-state index in [4.69, 9.17) is 44.1 Å². The third kappa shape index (κ3) is 33.3. The van der Waals surface area contributed by atoms with Crippen molar-refractivity contribution in [2.45, 2.75) is 183 Å². The molecule has 0 bridgehead atoms. The molecule has 0 aliphatic rings. The predicted molar refractivity (Wildman–Crippen MR) is 530 cm³/mol. The average Bonchev–Trinajstić information content (AvgIpc) is 0.782. The second-order valence-corrected chi connectivity index (χ2v) is 38.8. The summed E-state index contributed by atoms with van der Waals surface area (Å²) in [6, 6.07) is 40.9. The molecule has 0 saturated carbocycles. The molecule has 30 heteroatoms. The molecular weight excluding hydrogens is 2130 g/mol. The molecule has 0 amide bonds. The number of methoxy groups -OCH3 is 6. The fraction of sp³-hybridized carbons (Fsp3) is 0.378. The summed E-state index contributed by atoms with van der Waals surface area (Å²) in [5.41, 5.74) is 19.6. The summed E-state index contributed by atoms with van der Waals surface area (Å²) in [4.78, 5) is 32.3. The highest BCUT2D eigenvalue weighted by atomic mass is 79.9. The Bertz CT molecular complexity index is 4720. The Morgan fingerprint density at radius 3 is 0.983 bits per heavy atom. The van der Waals surface area contributed by atoms with Gasteiger partial charge in [-0.3, -0.25) is 4.98 Å². The summed E-state index contributed by atoms with van der Waals surface area (Å²) in [5.74, 6) is 3.13. The minimum absolute atomic E-state index is 0. The molecule has 6 aromatic heterocycles. The van der Waals surface area contributed by atoms with Crippen molar-refractivity contribution >= 4 is 208 Å². The van der Waals surface area contributed by atoms with Gasteiger partial charge >= 0.3 is 0 Å². The smallest absolute Gasteiger partial charge is 0.195 e. The first-order valence-corrected chi connectivity index (χ1v) is 45.2. The molecule has 4 aromatic carbocycles. The molecule has 0 fully saturated rings. The van der Waals surface area contributed by atoms with Crippen LogP contribution < -0.4 is 31.7 Å². The number of hydrogen-bond acceptors (Lipinski definition) is 19. The third-order valence-electron chi connectivity index (χ3n) is 17.2. The van der Waals surface area contributed by atoms with Gasteiger partial charge in [0.2, 0.25) is 0 Å². The number of anilines is 5. The van der Waals surface area contributed by atoms with Gasteiger partial charge in [0.15, 0.2) is 18.2 Å². The Balaban J connectivity index is 0.000000313. The number of rotatable bonds is 22. The van der Waals surface area contributed by atoms with E-state index in [0.29, 0.717) is 5.69 Å². The predicted octanol–water partition coefficient (Wildman–Crippen LogP) is 28.0. The average molecular weight is 2240 g/mol. The van der Waals surface area contributed by atoms with E-state index in [-0.39, 0.29) is 71.2 Å². The lowest BCUT2D eigenvalue weighted by Crippen LogP contribution is -2.27. The van der Waals surface area contributed by atoms with Crippen molar-refractivity contribution in [1.82, 2.24) is 24.9 Å². The highest BCUT2D eigenvalue weighted by Crippen LogP contribution is 2.44. The highest BCUT2D eigenvalue weighted by Gasteiger charge is 2.27. The zero-order valence-electron chi connectivity index (χ0n) is 72.5. The van der Waals surface area contributed by atoms with Crippen LogP contribution in [0.15, 0.2) is 221 Å². The van der Waals surface area contributed by atoms with E-state index < -0.39 is 0 Å². The maximum Gasteiger partial charge on any atom is 0.195 e. The molecule has 20 nitrogen and oxygen atoms in total. The Kier molecular flexibility index (Phi) is 44.8. The van der Waals surface area contributed by atoms with Crippen molar-refractivity contribution in [3.8, 4) is 0 Å². The summed E-state index contributed by atoms with van der Waals surface area (Å²) in [7, 11) is 10.1. The fourth-order valence-corrected chi connectivity index (χ4v) is 18.2. The van der Waals surface area contributed by atoms with Gasteiger partial charge in [0.1, 0.15) is 23.1 Å². The number of nitrogens with two attached hydrogens (primary N) is 1. The Labute approximate surface area is 792 Å². The van der Waals surface area contributed by atoms with Crippen molar-refractivity contribution in [2.24, 2.45) is 9.98 Å². The van der Waals surface area contributed by atoms with Crippen molar-refractivity contribution in [1.29, 1.82) is 0 Å². The second kappa shape index (κ2) is 50.4. The number of pyridine rings is 6. The number of nitrogen functional groups attached to an aromatic ring is 1. The monoisotopic (exact) mass is 2230 g/mol. The minimum atomic E-state index is -0.168. The van der Waals surface area contributed by atoms with Crippen LogP contribution in [-0.4, -0.2) is 101 Å². The number of hydrogen-bond donors (Lipinski definition) is 5. The van der Waals surface area contributed by atoms with E-state index in [1.54, 1.807) is 67.4 Å². The van der Waals surface area contributed by atoms with Crippen LogP contribution in [0.5, 0.6) is 0 Å². The molecule has 6 N–H and O–H groups in total. The van der Waals surface area contributed by atoms with Crippen LogP contribution >= 0.6 is 156 Å². The van der Waals surface area contributed by atoms with Crippen LogP contribution in [0.3, 0.4) is 0 Å². The van der Waals surface area contributed by atoms with E-state index in [0.717, 1.165) is 147 Å². The number of halogens is 10. The van der Waals surface area contributed by atoms with Crippen LogP contribution in [0.4, 0.5) is 40.3 Å². The number of nitrogens with one attached hydrogen (secondary N) is 4. The van der Waals surface area contributed by atoms with Crippen LogP contribution in [0, 0.1) is 5.21 Å². The highest BCUT2D eigenvalue weighted by molar-refractivity contribution is 9.12. The number of aliphatic imine (C=N–C) groups is 2. The van der Waals surface area contributed by atoms with Crippen LogP contribution in [0.2, 0.25) is 0 Å². The van der Waals surface area contributed by atoms with Crippen molar-refractivity contribution in [3.63, 3.8) is 0 Å². The molecule has 6 heterocycles. The normalized spacial score (nSPS) is 12.7. The molecule has 0 spiro atoms. The van der Waals surface area contributed by atoms with Gasteiger partial charge in [0.25, 0.3) is 0 Å². The van der Waals surface area contributed by atoms with Gasteiger partial charge in [-0.25, -0.2) is 29.9 Å². The molecule has 10 aromatic rings. The summed E-state index contributed by atoms with van der Waals surface area (Å²) < 4.78 is 41.1. The summed E-state index contributed by atoms with van der Waals surface area (Å²) in [6.07, 6.45) is 13.1. The molecule has 120 heavy (non-hydrogen) atoms. The van der Waals surface area contributed by atoms with Crippen molar-refractivity contribution < 1.29 is 33.2 Å². The molecule has 0 saturated heterocycles. The maximum absolute atomic E-state index is 11.0. The van der Waals surface area contributed by atoms with E-state index in [1.165, 1.54) is 12.4 Å². The zero-order chi connectivity index (χ0) is 89.0. The van der Waals surface area contributed by atoms with Crippen LogP contribution in [-0.2, 0) is 28.4 Å². The lowest BCUT2D eigenvalue weighted by atomic mass is 10.0. The lowest BCUT2D eigenvalue weighted by molar-refractivity contribution is -0.606. The van der Waals surface area contributed by atoms with Gasteiger partial charge in [-0.05, 0) is 268 Å².